The number of hydrogen-bond acceptors (Lipinski definition) is 7. The number of piperazine rings is 1. The Balaban J connectivity index is 1.61. The average Bonchev–Trinajstić information content (AvgIpc) is 3.06. The molecule has 9 nitrogen and oxygen atoms in total. The Bertz CT molecular complexity index is 1010. The molecule has 0 bridgehead atoms. The van der Waals surface area contributed by atoms with Crippen molar-refractivity contribution >= 4 is 21.6 Å². The Labute approximate surface area is 169 Å². The molecule has 3 rings (SSSR count). The first-order valence-corrected chi connectivity index (χ1v) is 10.7. The number of nitriles is 1. The summed E-state index contributed by atoms with van der Waals surface area (Å²) in [5, 5.41) is 15.4. The Morgan fingerprint density at radius 1 is 1.21 bits per heavy atom. The van der Waals surface area contributed by atoms with E-state index in [1.807, 2.05) is 11.0 Å². The molecular formula is C19H23N5O4S. The van der Waals surface area contributed by atoms with Crippen LogP contribution in [0.25, 0.3) is 0 Å². The van der Waals surface area contributed by atoms with Gasteiger partial charge in [-0.15, -0.1) is 0 Å². The van der Waals surface area contributed by atoms with Gasteiger partial charge < -0.3 is 9.84 Å². The van der Waals surface area contributed by atoms with E-state index in [9.17, 15) is 13.2 Å². The summed E-state index contributed by atoms with van der Waals surface area (Å²) >= 11 is 0. The van der Waals surface area contributed by atoms with E-state index >= 15 is 0 Å². The van der Waals surface area contributed by atoms with Gasteiger partial charge in [0.25, 0.3) is 0 Å². The van der Waals surface area contributed by atoms with Crippen molar-refractivity contribution in [1.29, 1.82) is 5.26 Å². The van der Waals surface area contributed by atoms with E-state index in [0.29, 0.717) is 30.0 Å². The van der Waals surface area contributed by atoms with Crippen molar-refractivity contribution in [1.82, 2.24) is 14.4 Å². The smallest absolute Gasteiger partial charge is 0.248 e. The highest BCUT2D eigenvalue weighted by Crippen LogP contribution is 2.24. The van der Waals surface area contributed by atoms with Gasteiger partial charge in [0.15, 0.2) is 5.76 Å². The fraction of sp³-hybridized carbons (Fsp3) is 0.421. The summed E-state index contributed by atoms with van der Waals surface area (Å²) in [5.74, 6) is 0.0943. The van der Waals surface area contributed by atoms with E-state index < -0.39 is 16.1 Å². The number of amides is 1. The monoisotopic (exact) mass is 417 g/mol. The molecule has 1 saturated heterocycles. The van der Waals surface area contributed by atoms with Crippen molar-refractivity contribution in [2.45, 2.75) is 31.7 Å². The highest BCUT2D eigenvalue weighted by atomic mass is 32.2. The van der Waals surface area contributed by atoms with E-state index in [4.69, 9.17) is 9.78 Å². The van der Waals surface area contributed by atoms with E-state index in [1.54, 1.807) is 45.0 Å². The summed E-state index contributed by atoms with van der Waals surface area (Å²) in [6, 6.07) is 8.24. The van der Waals surface area contributed by atoms with Gasteiger partial charge in [-0.1, -0.05) is 5.16 Å². The third-order valence-electron chi connectivity index (χ3n) is 5.05. The largest absolute Gasteiger partial charge is 0.360 e. The lowest BCUT2D eigenvalue weighted by molar-refractivity contribution is -0.121. The van der Waals surface area contributed by atoms with Gasteiger partial charge in [-0.05, 0) is 45.0 Å². The molecule has 1 aromatic heterocycles. The van der Waals surface area contributed by atoms with Crippen molar-refractivity contribution < 1.29 is 17.7 Å². The maximum Gasteiger partial charge on any atom is 0.248 e. The third-order valence-corrected chi connectivity index (χ3v) is 7.19. The van der Waals surface area contributed by atoms with Gasteiger partial charge >= 0.3 is 0 Å². The molecule has 2 heterocycles. The van der Waals surface area contributed by atoms with E-state index in [0.717, 1.165) is 0 Å². The molecule has 1 aliphatic heterocycles. The van der Waals surface area contributed by atoms with Crippen LogP contribution in [0.4, 0.5) is 5.69 Å². The van der Waals surface area contributed by atoms with Gasteiger partial charge in [0.1, 0.15) is 10.6 Å². The predicted octanol–water partition coefficient (Wildman–Crippen LogP) is 1.50. The van der Waals surface area contributed by atoms with Crippen LogP contribution in [0.3, 0.4) is 0 Å². The third kappa shape index (κ3) is 4.32. The molecule has 1 fully saturated rings. The summed E-state index contributed by atoms with van der Waals surface area (Å²) in [6.07, 6.45) is 0. The number of carbonyl (C=O) groups is 1. The molecule has 0 saturated carbocycles. The summed E-state index contributed by atoms with van der Waals surface area (Å²) < 4.78 is 32.2. The zero-order valence-electron chi connectivity index (χ0n) is 16.5. The van der Waals surface area contributed by atoms with Crippen LogP contribution in [0.15, 0.2) is 33.7 Å². The van der Waals surface area contributed by atoms with E-state index in [2.05, 4.69) is 10.5 Å². The van der Waals surface area contributed by atoms with Crippen molar-refractivity contribution in [3.8, 4) is 6.07 Å². The number of rotatable bonds is 5. The lowest BCUT2D eigenvalue weighted by Crippen LogP contribution is -2.54. The first kappa shape index (κ1) is 21.0. The zero-order valence-corrected chi connectivity index (χ0v) is 17.4. The second kappa shape index (κ2) is 8.32. The molecular weight excluding hydrogens is 394 g/mol. The van der Waals surface area contributed by atoms with Crippen molar-refractivity contribution in [2.24, 2.45) is 0 Å². The summed E-state index contributed by atoms with van der Waals surface area (Å²) in [6.45, 7) is 6.40. The van der Waals surface area contributed by atoms with E-state index in [1.165, 1.54) is 4.31 Å². The van der Waals surface area contributed by atoms with Crippen LogP contribution in [0, 0.1) is 25.2 Å². The van der Waals surface area contributed by atoms with Crippen LogP contribution >= 0.6 is 0 Å². The van der Waals surface area contributed by atoms with Crippen LogP contribution in [0.2, 0.25) is 0 Å². The first-order chi connectivity index (χ1) is 13.7. The number of anilines is 1. The molecule has 2 aromatic rings. The van der Waals surface area contributed by atoms with Crippen LogP contribution < -0.4 is 5.32 Å². The normalized spacial score (nSPS) is 16.9. The van der Waals surface area contributed by atoms with Crippen LogP contribution in [-0.4, -0.2) is 60.9 Å². The van der Waals surface area contributed by atoms with Crippen LogP contribution in [0.1, 0.15) is 23.9 Å². The molecule has 0 aliphatic carbocycles. The SMILES string of the molecule is Cc1noc(C)c1S(=O)(=O)N1CCN(C(C)C(=O)Nc2ccc(C#N)cc2)CC1. The number of sulfonamides is 1. The Morgan fingerprint density at radius 2 is 1.83 bits per heavy atom. The quantitative estimate of drug-likeness (QED) is 0.783. The molecule has 1 N–H and O–H groups in total. The number of aryl methyl sites for hydroxylation is 2. The molecule has 1 aliphatic rings. The number of nitrogens with one attached hydrogen (secondary N) is 1. The minimum atomic E-state index is -3.68. The summed E-state index contributed by atoms with van der Waals surface area (Å²) in [4.78, 5) is 14.6. The highest BCUT2D eigenvalue weighted by Gasteiger charge is 2.35. The van der Waals surface area contributed by atoms with Gasteiger partial charge in [0.2, 0.25) is 15.9 Å². The predicted molar refractivity (Wildman–Crippen MR) is 106 cm³/mol. The zero-order chi connectivity index (χ0) is 21.2. The molecule has 154 valence electrons. The van der Waals surface area contributed by atoms with Gasteiger partial charge in [0, 0.05) is 31.9 Å². The van der Waals surface area contributed by atoms with Crippen LogP contribution in [0.5, 0.6) is 0 Å². The van der Waals surface area contributed by atoms with Gasteiger partial charge in [-0.25, -0.2) is 8.42 Å². The second-order valence-electron chi connectivity index (χ2n) is 6.95. The Hall–Kier alpha value is -2.74. The molecule has 1 amide bonds. The average molecular weight is 417 g/mol. The summed E-state index contributed by atoms with van der Waals surface area (Å²) in [5.41, 5.74) is 1.48. The molecule has 10 heteroatoms. The number of benzene rings is 1. The van der Waals surface area contributed by atoms with Crippen molar-refractivity contribution in [3.05, 3.63) is 41.3 Å². The Kier molecular flexibility index (Phi) is 6.02. The number of hydrogen-bond donors (Lipinski definition) is 1. The fourth-order valence-corrected chi connectivity index (χ4v) is 5.06. The summed E-state index contributed by atoms with van der Waals surface area (Å²) in [7, 11) is -3.68. The first-order valence-electron chi connectivity index (χ1n) is 9.22. The maximum absolute atomic E-state index is 12.9. The number of aromatic nitrogens is 1. The molecule has 1 atom stereocenters. The number of carbonyl (C=O) groups excluding carboxylic acids is 1. The minimum Gasteiger partial charge on any atom is -0.360 e. The molecule has 1 aromatic carbocycles. The molecule has 0 spiro atoms. The highest BCUT2D eigenvalue weighted by molar-refractivity contribution is 7.89. The topological polar surface area (TPSA) is 120 Å². The number of nitrogens with zero attached hydrogens (tertiary/aromatic N) is 4. The van der Waals surface area contributed by atoms with Crippen molar-refractivity contribution in [2.75, 3.05) is 31.5 Å². The van der Waals surface area contributed by atoms with Gasteiger partial charge in [0.05, 0.1) is 17.7 Å². The second-order valence-corrected chi connectivity index (χ2v) is 8.82. The lowest BCUT2D eigenvalue weighted by Gasteiger charge is -2.36. The molecule has 29 heavy (non-hydrogen) atoms. The van der Waals surface area contributed by atoms with Gasteiger partial charge in [-0.2, -0.15) is 9.57 Å². The Morgan fingerprint density at radius 3 is 2.34 bits per heavy atom. The molecule has 1 unspecified atom stereocenters. The van der Waals surface area contributed by atoms with Gasteiger partial charge in [-0.3, -0.25) is 9.69 Å². The standard InChI is InChI=1S/C19H23N5O4S/c1-13-18(15(3)28-22-13)29(26,27)24-10-8-23(9-11-24)14(2)19(25)21-17-6-4-16(12-20)5-7-17/h4-7,14H,8-11H2,1-3H3,(H,21,25). The fourth-order valence-electron chi connectivity index (χ4n) is 3.34. The maximum atomic E-state index is 12.9. The van der Waals surface area contributed by atoms with Crippen LogP contribution in [-0.2, 0) is 14.8 Å². The van der Waals surface area contributed by atoms with Crippen molar-refractivity contribution in [3.63, 3.8) is 0 Å². The minimum absolute atomic E-state index is 0.123. The lowest BCUT2D eigenvalue weighted by atomic mass is 10.2. The molecule has 0 radical (unpaired) electrons. The van der Waals surface area contributed by atoms with E-state index in [-0.39, 0.29) is 29.7 Å².